The number of rotatable bonds is 19. The van der Waals surface area contributed by atoms with Crippen LogP contribution in [0.5, 0.6) is 0 Å². The average molecular weight is 812 g/mol. The summed E-state index contributed by atoms with van der Waals surface area (Å²) in [6, 6.07) is -1.83. The van der Waals surface area contributed by atoms with Crippen molar-refractivity contribution in [3.05, 3.63) is 0 Å². The van der Waals surface area contributed by atoms with Crippen LogP contribution in [0.25, 0.3) is 0 Å². The van der Waals surface area contributed by atoms with Crippen LogP contribution in [0.3, 0.4) is 0 Å². The van der Waals surface area contributed by atoms with Gasteiger partial charge in [0.25, 0.3) is 5.91 Å². The van der Waals surface area contributed by atoms with E-state index in [1.807, 2.05) is 46.6 Å². The highest BCUT2D eigenvalue weighted by atomic mass is 32.2. The maximum Gasteiger partial charge on any atom is 0.315 e. The number of nitrogens with one attached hydrogen (secondary N) is 4. The highest BCUT2D eigenvalue weighted by molar-refractivity contribution is 7.92. The number of nitrogens with zero attached hydrogens (tertiary/aromatic N) is 1. The molecule has 2 saturated carbocycles. The molecule has 14 heteroatoms. The molecule has 0 aromatic heterocycles. The van der Waals surface area contributed by atoms with Gasteiger partial charge in [-0.15, -0.1) is 0 Å². The molecule has 4 rings (SSSR count). The smallest absolute Gasteiger partial charge is 0.315 e. The number of Topliss-reactive ketones (excluding diaryl/α,β-unsaturated/α-hetero) is 1. The molecule has 2 heterocycles. The van der Waals surface area contributed by atoms with Crippen molar-refractivity contribution in [1.29, 1.82) is 0 Å². The Morgan fingerprint density at radius 1 is 0.929 bits per heavy atom. The summed E-state index contributed by atoms with van der Waals surface area (Å²) in [5.74, 6) is -0.555. The van der Waals surface area contributed by atoms with Crippen molar-refractivity contribution in [2.75, 3.05) is 32.6 Å². The van der Waals surface area contributed by atoms with Crippen LogP contribution >= 0.6 is 0 Å². The number of likely N-dealkylation sites (N-methyl/N-ethyl adjacent to an activating group) is 1. The lowest BCUT2D eigenvalue weighted by Gasteiger charge is -2.40. The number of ketones is 1. The van der Waals surface area contributed by atoms with E-state index in [0.29, 0.717) is 51.2 Å². The SMILES string of the molecule is CCC.CCCCC(CCC)(CS(=O)(=O)C1(C)CCOCC1)NC(=O)NC(C=O)C(C)(C)C.CN1CCCC1C(=O)N[C@@H](CCC1CC1)C(=O)C(=O)NC1CC1. The number of ether oxygens (including phenoxy) is 1. The molecule has 3 unspecified atom stereocenters. The summed E-state index contributed by atoms with van der Waals surface area (Å²) in [5.41, 5.74) is -1.29. The average Bonchev–Trinajstić information content (AvgIpc) is 4.07. The summed E-state index contributed by atoms with van der Waals surface area (Å²) in [5, 5.41) is 11.3. The lowest BCUT2D eigenvalue weighted by molar-refractivity contribution is -0.140. The summed E-state index contributed by atoms with van der Waals surface area (Å²) in [7, 11) is -1.56. The largest absolute Gasteiger partial charge is 0.381 e. The quantitative estimate of drug-likeness (QED) is 0.0950. The fraction of sp³-hybridized carbons (Fsp3) is 0.881. The zero-order valence-corrected chi connectivity index (χ0v) is 37.0. The summed E-state index contributed by atoms with van der Waals surface area (Å²) >= 11 is 0. The van der Waals surface area contributed by atoms with Crippen molar-refractivity contribution < 1.29 is 37.1 Å². The van der Waals surface area contributed by atoms with Gasteiger partial charge in [0.2, 0.25) is 11.7 Å². The van der Waals surface area contributed by atoms with E-state index >= 15 is 0 Å². The Hall–Kier alpha value is -2.58. The number of hydrogen-bond acceptors (Lipinski definition) is 9. The van der Waals surface area contributed by atoms with E-state index in [1.165, 1.54) is 19.3 Å². The van der Waals surface area contributed by atoms with Crippen LogP contribution in [0.15, 0.2) is 0 Å². The van der Waals surface area contributed by atoms with Crippen LogP contribution in [0.4, 0.5) is 4.79 Å². The molecule has 4 atom stereocenters. The second-order valence-electron chi connectivity index (χ2n) is 18.1. The number of hydrogen-bond donors (Lipinski definition) is 4. The second-order valence-corrected chi connectivity index (χ2v) is 20.6. The summed E-state index contributed by atoms with van der Waals surface area (Å²) in [4.78, 5) is 63.3. The normalized spacial score (nSPS) is 21.7. The highest BCUT2D eigenvalue weighted by Crippen LogP contribution is 2.35. The van der Waals surface area contributed by atoms with Gasteiger partial charge >= 0.3 is 6.03 Å². The number of carbonyl (C=O) groups is 5. The second kappa shape index (κ2) is 23.1. The summed E-state index contributed by atoms with van der Waals surface area (Å²) in [6.07, 6.45) is 14.1. The first-order valence-electron chi connectivity index (χ1n) is 21.5. The molecule has 0 aromatic carbocycles. The minimum atomic E-state index is -3.49. The molecule has 0 spiro atoms. The maximum atomic E-state index is 13.5. The minimum Gasteiger partial charge on any atom is -0.381 e. The number of amides is 4. The van der Waals surface area contributed by atoms with Crippen molar-refractivity contribution in [3.63, 3.8) is 0 Å². The van der Waals surface area contributed by atoms with Gasteiger partial charge in [-0.2, -0.15) is 0 Å². The van der Waals surface area contributed by atoms with Gasteiger partial charge < -0.3 is 30.8 Å². The van der Waals surface area contributed by atoms with E-state index in [-0.39, 0.29) is 23.7 Å². The number of urea groups is 1. The molecule has 0 aromatic rings. The van der Waals surface area contributed by atoms with E-state index in [0.717, 1.165) is 64.2 Å². The molecule has 2 saturated heterocycles. The Morgan fingerprint density at radius 2 is 1.55 bits per heavy atom. The highest BCUT2D eigenvalue weighted by Gasteiger charge is 2.46. The molecule has 4 fully saturated rings. The first-order chi connectivity index (χ1) is 26.3. The van der Waals surface area contributed by atoms with Gasteiger partial charge in [-0.25, -0.2) is 13.2 Å². The molecule has 0 bridgehead atoms. The third-order valence-corrected chi connectivity index (χ3v) is 14.2. The van der Waals surface area contributed by atoms with Gasteiger partial charge in [0.15, 0.2) is 9.84 Å². The van der Waals surface area contributed by atoms with Gasteiger partial charge in [0.1, 0.15) is 6.29 Å². The number of sulfone groups is 1. The zero-order valence-electron chi connectivity index (χ0n) is 36.2. The van der Waals surface area contributed by atoms with Crippen molar-refractivity contribution in [2.45, 2.75) is 193 Å². The monoisotopic (exact) mass is 812 g/mol. The Balaban J connectivity index is 0.000000370. The van der Waals surface area contributed by atoms with Gasteiger partial charge in [0, 0.05) is 19.3 Å². The molecule has 2 aliphatic heterocycles. The Morgan fingerprint density at radius 3 is 2.04 bits per heavy atom. The van der Waals surface area contributed by atoms with Crippen LogP contribution in [0, 0.1) is 11.3 Å². The van der Waals surface area contributed by atoms with Gasteiger partial charge in [-0.1, -0.05) is 87.0 Å². The summed E-state index contributed by atoms with van der Waals surface area (Å²) in [6.45, 7) is 17.5. The first-order valence-corrected chi connectivity index (χ1v) is 23.1. The zero-order chi connectivity index (χ0) is 42.2. The third-order valence-electron chi connectivity index (χ3n) is 11.4. The standard InChI is InChI=1S/C22H42N2O5S.C17H27N3O3.C3H8/c1-7-9-11-22(10-8-2,24-19(26)23-18(16-25)20(3,4)5)17-30(27,28)21(6)12-14-29-15-13-21;1-20-10-2-3-14(20)16(22)19-13(9-6-11-4-5-11)15(21)17(23)18-12-7-8-12;1-3-2/h16,18H,7-15,17H2,1-6H3,(H2,23,24,26);11-14H,2-10H2,1H3,(H,18,23)(H,19,22);3H2,1-2H3/t;13-,14?;/m.0./s1. The topological polar surface area (TPSA) is 180 Å². The molecule has 4 aliphatic rings. The first kappa shape index (κ1) is 49.6. The van der Waals surface area contributed by atoms with Crippen LogP contribution in [0.1, 0.15) is 158 Å². The van der Waals surface area contributed by atoms with Crippen molar-refractivity contribution in [2.24, 2.45) is 11.3 Å². The van der Waals surface area contributed by atoms with Crippen LogP contribution in [-0.4, -0.2) is 110 Å². The van der Waals surface area contributed by atoms with E-state index in [2.05, 4.69) is 35.1 Å². The molecule has 324 valence electrons. The van der Waals surface area contributed by atoms with E-state index in [1.54, 1.807) is 6.92 Å². The number of aldehydes is 1. The van der Waals surface area contributed by atoms with Gasteiger partial charge in [-0.3, -0.25) is 19.3 Å². The predicted octanol–water partition coefficient (Wildman–Crippen LogP) is 5.63. The maximum absolute atomic E-state index is 13.5. The Labute approximate surface area is 338 Å². The number of likely N-dealkylation sites (tertiary alicyclic amines) is 1. The van der Waals surface area contributed by atoms with E-state index < -0.39 is 55.3 Å². The van der Waals surface area contributed by atoms with Gasteiger partial charge in [-0.05, 0) is 96.1 Å². The summed E-state index contributed by atoms with van der Waals surface area (Å²) < 4.78 is 31.5. The molecular weight excluding hydrogens is 735 g/mol. The van der Waals surface area contributed by atoms with Crippen molar-refractivity contribution in [3.8, 4) is 0 Å². The van der Waals surface area contributed by atoms with Crippen LogP contribution in [-0.2, 0) is 33.8 Å². The lowest BCUT2D eigenvalue weighted by atomic mass is 9.87. The van der Waals surface area contributed by atoms with E-state index in [4.69, 9.17) is 4.74 Å². The van der Waals surface area contributed by atoms with Gasteiger partial charge in [0.05, 0.1) is 34.2 Å². The van der Waals surface area contributed by atoms with Crippen LogP contribution in [0.2, 0.25) is 0 Å². The number of carbonyl (C=O) groups excluding carboxylic acids is 5. The molecule has 4 N–H and O–H groups in total. The van der Waals surface area contributed by atoms with Crippen LogP contribution < -0.4 is 21.3 Å². The lowest BCUT2D eigenvalue weighted by Crippen LogP contribution is -2.60. The molecular formula is C42H77N5O8S. The molecule has 0 radical (unpaired) electrons. The predicted molar refractivity (Wildman–Crippen MR) is 222 cm³/mol. The fourth-order valence-corrected chi connectivity index (χ4v) is 9.40. The van der Waals surface area contributed by atoms with Crippen molar-refractivity contribution >= 4 is 39.8 Å². The van der Waals surface area contributed by atoms with E-state index in [9.17, 15) is 32.4 Å². The number of unbranched alkanes of at least 4 members (excludes halogenated alkanes) is 1. The molecule has 2 aliphatic carbocycles. The minimum absolute atomic E-state index is 0.0982. The van der Waals surface area contributed by atoms with Crippen molar-refractivity contribution in [1.82, 2.24) is 26.2 Å². The fourth-order valence-electron chi connectivity index (χ4n) is 7.18. The Kier molecular flexibility index (Phi) is 20.5. The molecule has 4 amide bonds. The Bertz CT molecular complexity index is 1370. The molecule has 13 nitrogen and oxygen atoms in total. The molecule has 56 heavy (non-hydrogen) atoms. The third kappa shape index (κ3) is 16.3.